The van der Waals surface area contributed by atoms with Crippen LogP contribution in [0.3, 0.4) is 0 Å². The van der Waals surface area contributed by atoms with Gasteiger partial charge in [0.2, 0.25) is 0 Å². The molecule has 4 heterocycles. The largest absolute Gasteiger partial charge is 0.312 e. The second-order valence-corrected chi connectivity index (χ2v) is 6.60. The fourth-order valence-electron chi connectivity index (χ4n) is 3.69. The standard InChI is InChI=1S/C17H24N6/c1-13-15(3-2-6-19-13)12-22-8-4-14(5-9-22)17-21-20-16-11-18-7-10-23(16)17/h2-3,6,14,18H,4-5,7-12H2,1H3. The van der Waals surface area contributed by atoms with Crippen LogP contribution in [-0.4, -0.2) is 44.3 Å². The molecular formula is C17H24N6. The lowest BCUT2D eigenvalue weighted by molar-refractivity contribution is 0.199. The summed E-state index contributed by atoms with van der Waals surface area (Å²) < 4.78 is 2.34. The average molecular weight is 312 g/mol. The quantitative estimate of drug-likeness (QED) is 0.930. The van der Waals surface area contributed by atoms with Crippen LogP contribution < -0.4 is 5.32 Å². The minimum absolute atomic E-state index is 0.556. The first kappa shape index (κ1) is 14.8. The van der Waals surface area contributed by atoms with Crippen LogP contribution in [0, 0.1) is 6.92 Å². The molecule has 0 aliphatic carbocycles. The molecule has 0 bridgehead atoms. The van der Waals surface area contributed by atoms with E-state index in [0.29, 0.717) is 5.92 Å². The van der Waals surface area contributed by atoms with Crippen LogP contribution in [0.4, 0.5) is 0 Å². The number of fused-ring (bicyclic) bond motifs is 1. The van der Waals surface area contributed by atoms with Crippen LogP contribution in [-0.2, 0) is 19.6 Å². The normalized spacial score (nSPS) is 19.7. The molecule has 4 rings (SSSR count). The van der Waals surface area contributed by atoms with E-state index in [4.69, 9.17) is 0 Å². The van der Waals surface area contributed by atoms with E-state index in [9.17, 15) is 0 Å². The molecule has 1 saturated heterocycles. The number of nitrogens with one attached hydrogen (secondary N) is 1. The van der Waals surface area contributed by atoms with Gasteiger partial charge in [-0.2, -0.15) is 0 Å². The number of hydrogen-bond donors (Lipinski definition) is 1. The highest BCUT2D eigenvalue weighted by Crippen LogP contribution is 2.28. The smallest absolute Gasteiger partial charge is 0.147 e. The molecule has 0 radical (unpaired) electrons. The summed E-state index contributed by atoms with van der Waals surface area (Å²) >= 11 is 0. The van der Waals surface area contributed by atoms with E-state index < -0.39 is 0 Å². The summed E-state index contributed by atoms with van der Waals surface area (Å²) in [5.74, 6) is 2.86. The van der Waals surface area contributed by atoms with Gasteiger partial charge in [0.1, 0.15) is 11.6 Å². The molecule has 2 aromatic rings. The zero-order chi connectivity index (χ0) is 15.6. The Bertz CT molecular complexity index is 671. The van der Waals surface area contributed by atoms with E-state index in [1.807, 2.05) is 12.3 Å². The number of pyridine rings is 1. The number of likely N-dealkylation sites (tertiary alicyclic amines) is 1. The Morgan fingerprint density at radius 1 is 1.22 bits per heavy atom. The number of aromatic nitrogens is 4. The predicted octanol–water partition coefficient (Wildman–Crippen LogP) is 1.46. The molecule has 23 heavy (non-hydrogen) atoms. The minimum atomic E-state index is 0.556. The third-order valence-corrected chi connectivity index (χ3v) is 5.11. The SMILES string of the molecule is Cc1ncccc1CN1CCC(c2nnc3n2CCNC3)CC1. The van der Waals surface area contributed by atoms with Crippen LogP contribution in [0.25, 0.3) is 0 Å². The summed E-state index contributed by atoms with van der Waals surface area (Å²) in [5, 5.41) is 12.2. The first-order valence-corrected chi connectivity index (χ1v) is 8.57. The summed E-state index contributed by atoms with van der Waals surface area (Å²) in [6.07, 6.45) is 4.21. The fourth-order valence-corrected chi connectivity index (χ4v) is 3.69. The lowest BCUT2D eigenvalue weighted by Crippen LogP contribution is -2.35. The topological polar surface area (TPSA) is 58.9 Å². The van der Waals surface area contributed by atoms with Crippen molar-refractivity contribution >= 4 is 0 Å². The second-order valence-electron chi connectivity index (χ2n) is 6.60. The van der Waals surface area contributed by atoms with E-state index in [1.165, 1.54) is 24.2 Å². The second kappa shape index (κ2) is 6.37. The number of nitrogens with zero attached hydrogens (tertiary/aromatic N) is 5. The number of aryl methyl sites for hydroxylation is 1. The van der Waals surface area contributed by atoms with Gasteiger partial charge in [-0.05, 0) is 44.5 Å². The van der Waals surface area contributed by atoms with Crippen molar-refractivity contribution in [1.29, 1.82) is 0 Å². The monoisotopic (exact) mass is 312 g/mol. The van der Waals surface area contributed by atoms with Gasteiger partial charge in [-0.15, -0.1) is 10.2 Å². The minimum Gasteiger partial charge on any atom is -0.312 e. The molecule has 0 aromatic carbocycles. The molecule has 0 saturated carbocycles. The van der Waals surface area contributed by atoms with Gasteiger partial charge in [-0.25, -0.2) is 0 Å². The molecule has 6 heteroatoms. The van der Waals surface area contributed by atoms with Gasteiger partial charge in [-0.3, -0.25) is 9.88 Å². The Balaban J connectivity index is 1.40. The molecular weight excluding hydrogens is 288 g/mol. The number of rotatable bonds is 3. The molecule has 1 N–H and O–H groups in total. The van der Waals surface area contributed by atoms with Gasteiger partial charge in [0, 0.05) is 37.4 Å². The van der Waals surface area contributed by atoms with Crippen LogP contribution >= 0.6 is 0 Å². The third-order valence-electron chi connectivity index (χ3n) is 5.11. The first-order valence-electron chi connectivity index (χ1n) is 8.57. The molecule has 2 aliphatic heterocycles. The fraction of sp³-hybridized carbons (Fsp3) is 0.588. The maximum atomic E-state index is 4.49. The molecule has 0 atom stereocenters. The third kappa shape index (κ3) is 3.01. The Morgan fingerprint density at radius 3 is 2.91 bits per heavy atom. The maximum Gasteiger partial charge on any atom is 0.147 e. The molecule has 0 unspecified atom stereocenters. The molecule has 1 fully saturated rings. The van der Waals surface area contributed by atoms with E-state index in [1.54, 1.807) is 0 Å². The van der Waals surface area contributed by atoms with E-state index >= 15 is 0 Å². The van der Waals surface area contributed by atoms with Crippen molar-refractivity contribution in [2.75, 3.05) is 19.6 Å². The van der Waals surface area contributed by atoms with Gasteiger partial charge in [0.05, 0.1) is 6.54 Å². The molecule has 0 amide bonds. The Morgan fingerprint density at radius 2 is 2.09 bits per heavy atom. The van der Waals surface area contributed by atoms with Crippen molar-refractivity contribution < 1.29 is 0 Å². The lowest BCUT2D eigenvalue weighted by atomic mass is 9.95. The summed E-state index contributed by atoms with van der Waals surface area (Å²) in [5.41, 5.74) is 2.49. The number of hydrogen-bond acceptors (Lipinski definition) is 5. The van der Waals surface area contributed by atoms with Crippen LogP contribution in [0.15, 0.2) is 18.3 Å². The highest BCUT2D eigenvalue weighted by atomic mass is 15.3. The molecule has 0 spiro atoms. The predicted molar refractivity (Wildman–Crippen MR) is 88.0 cm³/mol. The van der Waals surface area contributed by atoms with Crippen molar-refractivity contribution in [3.63, 3.8) is 0 Å². The van der Waals surface area contributed by atoms with Crippen LogP contribution in [0.2, 0.25) is 0 Å². The summed E-state index contributed by atoms with van der Waals surface area (Å²) in [7, 11) is 0. The molecule has 2 aliphatic rings. The van der Waals surface area contributed by atoms with Crippen molar-refractivity contribution in [3.05, 3.63) is 41.2 Å². The average Bonchev–Trinajstić information content (AvgIpc) is 3.02. The van der Waals surface area contributed by atoms with E-state index in [0.717, 1.165) is 50.8 Å². The van der Waals surface area contributed by atoms with Gasteiger partial charge in [-0.1, -0.05) is 6.07 Å². The van der Waals surface area contributed by atoms with E-state index in [-0.39, 0.29) is 0 Å². The Labute approximate surface area is 136 Å². The highest BCUT2D eigenvalue weighted by Gasteiger charge is 2.27. The van der Waals surface area contributed by atoms with Crippen molar-refractivity contribution in [2.24, 2.45) is 0 Å². The van der Waals surface area contributed by atoms with E-state index in [2.05, 4.69) is 43.0 Å². The Kier molecular flexibility index (Phi) is 4.10. The van der Waals surface area contributed by atoms with Gasteiger partial charge >= 0.3 is 0 Å². The van der Waals surface area contributed by atoms with Crippen molar-refractivity contribution in [1.82, 2.24) is 30.0 Å². The van der Waals surface area contributed by atoms with Gasteiger partial charge in [0.15, 0.2) is 0 Å². The first-order chi connectivity index (χ1) is 11.3. The summed E-state index contributed by atoms with van der Waals surface area (Å²) in [4.78, 5) is 6.93. The van der Waals surface area contributed by atoms with Crippen LogP contribution in [0.5, 0.6) is 0 Å². The molecule has 6 nitrogen and oxygen atoms in total. The summed E-state index contributed by atoms with van der Waals surface area (Å²) in [6, 6.07) is 4.22. The lowest BCUT2D eigenvalue weighted by Gasteiger charge is -2.32. The van der Waals surface area contributed by atoms with Gasteiger partial charge < -0.3 is 9.88 Å². The summed E-state index contributed by atoms with van der Waals surface area (Å²) in [6.45, 7) is 8.24. The zero-order valence-corrected chi connectivity index (χ0v) is 13.7. The molecule has 122 valence electrons. The zero-order valence-electron chi connectivity index (χ0n) is 13.7. The highest BCUT2D eigenvalue weighted by molar-refractivity contribution is 5.18. The van der Waals surface area contributed by atoms with Gasteiger partial charge in [0.25, 0.3) is 0 Å². The van der Waals surface area contributed by atoms with Crippen molar-refractivity contribution in [2.45, 2.75) is 45.3 Å². The number of piperidine rings is 1. The van der Waals surface area contributed by atoms with Crippen LogP contribution in [0.1, 0.15) is 41.7 Å². The Hall–Kier alpha value is -1.79. The molecule has 2 aromatic heterocycles. The van der Waals surface area contributed by atoms with Crippen molar-refractivity contribution in [3.8, 4) is 0 Å². The maximum absolute atomic E-state index is 4.49.